The summed E-state index contributed by atoms with van der Waals surface area (Å²) in [6.07, 6.45) is 2.75. The Morgan fingerprint density at radius 3 is 2.74 bits per heavy atom. The summed E-state index contributed by atoms with van der Waals surface area (Å²) in [4.78, 5) is 22.3. The standard InChI is InChI=1S/C14H17N5O4/c1-23-12-7-6-10(8-11(12)19-9-15-17-18-19)16-13(20)4-2-3-5-14(21)22/h6-9H,2-5H2,1H3,(H,16,20)(H,21,22). The molecule has 9 nitrogen and oxygen atoms in total. The predicted octanol–water partition coefficient (Wildman–Crippen LogP) is 1.25. The third-order valence-electron chi connectivity index (χ3n) is 3.10. The van der Waals surface area contributed by atoms with Gasteiger partial charge in [-0.15, -0.1) is 5.10 Å². The van der Waals surface area contributed by atoms with Gasteiger partial charge in [0.25, 0.3) is 0 Å². The third kappa shape index (κ3) is 4.77. The molecule has 23 heavy (non-hydrogen) atoms. The number of ether oxygens (including phenoxy) is 1. The molecule has 0 atom stereocenters. The van der Waals surface area contributed by atoms with Crippen LogP contribution in [0.15, 0.2) is 24.5 Å². The smallest absolute Gasteiger partial charge is 0.303 e. The lowest BCUT2D eigenvalue weighted by Gasteiger charge is -2.11. The number of nitrogens with one attached hydrogen (secondary N) is 1. The van der Waals surface area contributed by atoms with Crippen LogP contribution in [0.25, 0.3) is 5.69 Å². The van der Waals surface area contributed by atoms with E-state index in [9.17, 15) is 9.59 Å². The molecule has 0 unspecified atom stereocenters. The number of rotatable bonds is 8. The van der Waals surface area contributed by atoms with Gasteiger partial charge < -0.3 is 15.2 Å². The van der Waals surface area contributed by atoms with Crippen molar-refractivity contribution < 1.29 is 19.4 Å². The van der Waals surface area contributed by atoms with Crippen molar-refractivity contribution in [2.24, 2.45) is 0 Å². The van der Waals surface area contributed by atoms with Gasteiger partial charge in [0.2, 0.25) is 5.91 Å². The van der Waals surface area contributed by atoms with E-state index in [1.165, 1.54) is 18.1 Å². The third-order valence-corrected chi connectivity index (χ3v) is 3.10. The second kappa shape index (κ2) is 7.87. The average molecular weight is 319 g/mol. The van der Waals surface area contributed by atoms with Gasteiger partial charge in [-0.2, -0.15) is 4.68 Å². The number of hydrogen-bond donors (Lipinski definition) is 2. The highest BCUT2D eigenvalue weighted by Crippen LogP contribution is 2.25. The molecule has 0 aliphatic carbocycles. The van der Waals surface area contributed by atoms with Crippen LogP contribution in [0.4, 0.5) is 5.69 Å². The summed E-state index contributed by atoms with van der Waals surface area (Å²) in [5, 5.41) is 22.3. The van der Waals surface area contributed by atoms with Gasteiger partial charge in [-0.3, -0.25) is 9.59 Å². The number of aromatic nitrogens is 4. The fourth-order valence-corrected chi connectivity index (χ4v) is 2.00. The number of carboxylic acids is 1. The second-order valence-corrected chi connectivity index (χ2v) is 4.79. The maximum absolute atomic E-state index is 11.9. The Labute approximate surface area is 132 Å². The van der Waals surface area contributed by atoms with E-state index in [1.807, 2.05) is 0 Å². The van der Waals surface area contributed by atoms with E-state index in [0.717, 1.165) is 0 Å². The number of carboxylic acid groups (broad SMARTS) is 1. The van der Waals surface area contributed by atoms with Gasteiger partial charge >= 0.3 is 5.97 Å². The number of methoxy groups -OCH3 is 1. The van der Waals surface area contributed by atoms with Crippen LogP contribution in [-0.2, 0) is 9.59 Å². The minimum Gasteiger partial charge on any atom is -0.494 e. The number of aliphatic carboxylic acids is 1. The Morgan fingerprint density at radius 1 is 1.30 bits per heavy atom. The Morgan fingerprint density at radius 2 is 2.09 bits per heavy atom. The molecule has 1 heterocycles. The lowest BCUT2D eigenvalue weighted by molar-refractivity contribution is -0.137. The number of nitrogens with zero attached hydrogens (tertiary/aromatic N) is 4. The zero-order chi connectivity index (χ0) is 16.7. The number of tetrazole rings is 1. The molecule has 0 saturated carbocycles. The van der Waals surface area contributed by atoms with Crippen molar-refractivity contribution in [2.75, 3.05) is 12.4 Å². The lowest BCUT2D eigenvalue weighted by Crippen LogP contribution is -2.12. The normalized spacial score (nSPS) is 10.3. The van der Waals surface area contributed by atoms with Crippen molar-refractivity contribution in [3.8, 4) is 11.4 Å². The number of benzene rings is 1. The zero-order valence-electron chi connectivity index (χ0n) is 12.6. The number of carbonyl (C=O) groups excluding carboxylic acids is 1. The minimum absolute atomic E-state index is 0.0687. The topological polar surface area (TPSA) is 119 Å². The van der Waals surface area contributed by atoms with Gasteiger partial charge in [0.1, 0.15) is 17.8 Å². The summed E-state index contributed by atoms with van der Waals surface area (Å²) in [5.41, 5.74) is 1.18. The van der Waals surface area contributed by atoms with Gasteiger partial charge in [-0.05, 0) is 41.5 Å². The predicted molar refractivity (Wildman–Crippen MR) is 80.4 cm³/mol. The van der Waals surface area contributed by atoms with Gasteiger partial charge in [-0.25, -0.2) is 0 Å². The quantitative estimate of drug-likeness (QED) is 0.703. The molecule has 0 radical (unpaired) electrons. The SMILES string of the molecule is COc1ccc(NC(=O)CCCCC(=O)O)cc1-n1cnnn1. The number of hydrogen-bond acceptors (Lipinski definition) is 6. The molecule has 2 rings (SSSR count). The van der Waals surface area contributed by atoms with E-state index in [1.54, 1.807) is 18.2 Å². The van der Waals surface area contributed by atoms with E-state index in [4.69, 9.17) is 9.84 Å². The Kier molecular flexibility index (Phi) is 5.61. The van der Waals surface area contributed by atoms with Crippen LogP contribution in [0.1, 0.15) is 25.7 Å². The molecule has 9 heteroatoms. The van der Waals surface area contributed by atoms with Gasteiger partial charge in [0.15, 0.2) is 0 Å². The number of unbranched alkanes of at least 4 members (excludes halogenated alkanes) is 1. The van der Waals surface area contributed by atoms with E-state index in [-0.39, 0.29) is 18.7 Å². The molecule has 0 spiro atoms. The van der Waals surface area contributed by atoms with Gasteiger partial charge in [0.05, 0.1) is 7.11 Å². The number of amides is 1. The molecule has 0 saturated heterocycles. The Bertz CT molecular complexity index is 672. The van der Waals surface area contributed by atoms with Crippen LogP contribution in [0, 0.1) is 0 Å². The van der Waals surface area contributed by atoms with E-state index >= 15 is 0 Å². The molecule has 0 fully saturated rings. The van der Waals surface area contributed by atoms with Crippen LogP contribution < -0.4 is 10.1 Å². The molecule has 0 aliphatic rings. The van der Waals surface area contributed by atoms with Crippen molar-refractivity contribution in [2.45, 2.75) is 25.7 Å². The highest BCUT2D eigenvalue weighted by Gasteiger charge is 2.10. The summed E-state index contributed by atoms with van der Waals surface area (Å²) < 4.78 is 6.68. The molecule has 122 valence electrons. The molecular weight excluding hydrogens is 302 g/mol. The van der Waals surface area contributed by atoms with Gasteiger partial charge in [-0.1, -0.05) is 0 Å². The van der Waals surface area contributed by atoms with E-state index in [2.05, 4.69) is 20.8 Å². The first-order chi connectivity index (χ1) is 11.1. The summed E-state index contributed by atoms with van der Waals surface area (Å²) in [5.74, 6) is -0.466. The Balaban J connectivity index is 1.99. The zero-order valence-corrected chi connectivity index (χ0v) is 12.6. The fraction of sp³-hybridized carbons (Fsp3) is 0.357. The van der Waals surface area contributed by atoms with Crippen molar-refractivity contribution in [3.63, 3.8) is 0 Å². The minimum atomic E-state index is -0.855. The number of carbonyl (C=O) groups is 2. The van der Waals surface area contributed by atoms with E-state index < -0.39 is 5.97 Å². The van der Waals surface area contributed by atoms with Crippen LogP contribution in [0.2, 0.25) is 0 Å². The highest BCUT2D eigenvalue weighted by molar-refractivity contribution is 5.91. The molecular formula is C14H17N5O4. The Hall–Kier alpha value is -2.97. The largest absolute Gasteiger partial charge is 0.494 e. The maximum Gasteiger partial charge on any atom is 0.303 e. The monoisotopic (exact) mass is 319 g/mol. The molecule has 2 aromatic rings. The first-order valence-electron chi connectivity index (χ1n) is 7.03. The van der Waals surface area contributed by atoms with E-state index in [0.29, 0.717) is 30.0 Å². The summed E-state index contributed by atoms with van der Waals surface area (Å²) >= 11 is 0. The molecule has 1 aromatic carbocycles. The molecule has 0 bridgehead atoms. The first kappa shape index (κ1) is 16.4. The lowest BCUT2D eigenvalue weighted by atomic mass is 10.2. The van der Waals surface area contributed by atoms with Crippen molar-refractivity contribution in [1.82, 2.24) is 20.2 Å². The second-order valence-electron chi connectivity index (χ2n) is 4.79. The molecule has 1 aromatic heterocycles. The van der Waals surface area contributed by atoms with Crippen molar-refractivity contribution in [3.05, 3.63) is 24.5 Å². The maximum atomic E-state index is 11.9. The summed E-state index contributed by atoms with van der Waals surface area (Å²) in [7, 11) is 1.53. The average Bonchev–Trinajstić information content (AvgIpc) is 3.05. The molecule has 0 aliphatic heterocycles. The summed E-state index contributed by atoms with van der Waals surface area (Å²) in [6.45, 7) is 0. The van der Waals surface area contributed by atoms with Crippen LogP contribution in [-0.4, -0.2) is 44.3 Å². The van der Waals surface area contributed by atoms with Crippen LogP contribution >= 0.6 is 0 Å². The summed E-state index contributed by atoms with van der Waals surface area (Å²) in [6, 6.07) is 5.11. The number of anilines is 1. The van der Waals surface area contributed by atoms with Crippen molar-refractivity contribution in [1.29, 1.82) is 0 Å². The first-order valence-corrected chi connectivity index (χ1v) is 7.03. The van der Waals surface area contributed by atoms with Crippen LogP contribution in [0.3, 0.4) is 0 Å². The molecule has 1 amide bonds. The highest BCUT2D eigenvalue weighted by atomic mass is 16.5. The van der Waals surface area contributed by atoms with Crippen molar-refractivity contribution >= 4 is 17.6 Å². The molecule has 2 N–H and O–H groups in total. The van der Waals surface area contributed by atoms with Crippen LogP contribution in [0.5, 0.6) is 5.75 Å². The fourth-order valence-electron chi connectivity index (χ4n) is 2.00. The van der Waals surface area contributed by atoms with Gasteiger partial charge in [0, 0.05) is 18.5 Å².